The third kappa shape index (κ3) is 5.03. The van der Waals surface area contributed by atoms with Crippen molar-refractivity contribution in [3.8, 4) is 11.4 Å². The number of halogens is 1. The van der Waals surface area contributed by atoms with Crippen LogP contribution in [0.1, 0.15) is 21.7 Å². The molecule has 0 amide bonds. The predicted octanol–water partition coefficient (Wildman–Crippen LogP) is 4.97. The van der Waals surface area contributed by atoms with E-state index in [0.717, 1.165) is 28.4 Å². The molecule has 2 aromatic heterocycles. The zero-order chi connectivity index (χ0) is 25.1. The van der Waals surface area contributed by atoms with E-state index in [1.54, 1.807) is 13.2 Å². The van der Waals surface area contributed by atoms with Crippen molar-refractivity contribution in [2.75, 3.05) is 18.6 Å². The molecule has 36 heavy (non-hydrogen) atoms. The summed E-state index contributed by atoms with van der Waals surface area (Å²) in [6.07, 6.45) is 2.15. The summed E-state index contributed by atoms with van der Waals surface area (Å²) in [6, 6.07) is 20.5. The highest BCUT2D eigenvalue weighted by Gasteiger charge is 2.16. The maximum Gasteiger partial charge on any atom is 0.375 e. The first-order chi connectivity index (χ1) is 17.5. The lowest BCUT2D eigenvalue weighted by atomic mass is 10.1. The standard InChI is InChI=1S/C26H22FN5O3S/c1-35-20-11-7-17(8-12-20)13-14-31(26-29-22-4-2-3-21(27)23(22)36-26)15-18-5-9-19(10-6-18)32-16-28-24(30-32)25(33)34/h2-12,16H,13-15H2,1H3,(H,33,34). The van der Waals surface area contributed by atoms with Crippen LogP contribution in [0.2, 0.25) is 0 Å². The number of anilines is 1. The number of carboxylic acid groups (broad SMARTS) is 1. The molecule has 0 fully saturated rings. The SMILES string of the molecule is COc1ccc(CCN(Cc2ccc(-n3cnc(C(=O)O)n3)cc2)c2nc3cccc(F)c3s2)cc1. The average Bonchev–Trinajstić information content (AvgIpc) is 3.56. The third-order valence-corrected chi connectivity index (χ3v) is 6.85. The maximum atomic E-state index is 14.4. The van der Waals surface area contributed by atoms with Gasteiger partial charge >= 0.3 is 5.97 Å². The zero-order valence-electron chi connectivity index (χ0n) is 19.3. The number of aromatic carboxylic acids is 1. The quantitative estimate of drug-likeness (QED) is 0.303. The Balaban J connectivity index is 1.39. The van der Waals surface area contributed by atoms with E-state index in [4.69, 9.17) is 14.8 Å². The number of thiazole rings is 1. The van der Waals surface area contributed by atoms with Crippen LogP contribution in [0.15, 0.2) is 73.1 Å². The molecule has 5 aromatic rings. The number of benzene rings is 3. The number of rotatable bonds is 9. The van der Waals surface area contributed by atoms with Gasteiger partial charge in [0.2, 0.25) is 0 Å². The number of carbonyl (C=O) groups is 1. The second-order valence-electron chi connectivity index (χ2n) is 8.09. The highest BCUT2D eigenvalue weighted by molar-refractivity contribution is 7.22. The first-order valence-corrected chi connectivity index (χ1v) is 12.0. The molecule has 0 aliphatic heterocycles. The van der Waals surface area contributed by atoms with E-state index in [9.17, 15) is 9.18 Å². The Kier molecular flexibility index (Phi) is 6.59. The average molecular weight is 504 g/mol. The monoisotopic (exact) mass is 503 g/mol. The summed E-state index contributed by atoms with van der Waals surface area (Å²) in [6.45, 7) is 1.25. The molecule has 0 bridgehead atoms. The summed E-state index contributed by atoms with van der Waals surface area (Å²) in [4.78, 5) is 21.7. The number of aromatic nitrogens is 4. The molecule has 0 unspecified atom stereocenters. The molecule has 0 atom stereocenters. The number of hydrogen-bond donors (Lipinski definition) is 1. The molecular weight excluding hydrogens is 481 g/mol. The van der Waals surface area contributed by atoms with Crippen molar-refractivity contribution in [3.63, 3.8) is 0 Å². The number of ether oxygens (including phenoxy) is 1. The van der Waals surface area contributed by atoms with Crippen LogP contribution in [-0.4, -0.2) is 44.5 Å². The molecule has 10 heteroatoms. The predicted molar refractivity (Wildman–Crippen MR) is 136 cm³/mol. The van der Waals surface area contributed by atoms with Gasteiger partial charge in [-0.25, -0.2) is 23.8 Å². The minimum atomic E-state index is -1.18. The molecular formula is C26H22FN5O3S. The number of fused-ring (bicyclic) bond motifs is 1. The van der Waals surface area contributed by atoms with Gasteiger partial charge in [-0.3, -0.25) is 0 Å². The Labute approximate surface area is 210 Å². The van der Waals surface area contributed by atoms with Crippen LogP contribution in [0.5, 0.6) is 5.75 Å². The van der Waals surface area contributed by atoms with Gasteiger partial charge in [-0.2, -0.15) is 0 Å². The van der Waals surface area contributed by atoms with Gasteiger partial charge < -0.3 is 14.7 Å². The molecule has 3 aromatic carbocycles. The van der Waals surface area contributed by atoms with E-state index < -0.39 is 5.97 Å². The van der Waals surface area contributed by atoms with Crippen molar-refractivity contribution in [2.24, 2.45) is 0 Å². The van der Waals surface area contributed by atoms with E-state index in [2.05, 4.69) is 15.0 Å². The van der Waals surface area contributed by atoms with E-state index in [-0.39, 0.29) is 11.6 Å². The Hall–Kier alpha value is -4.31. The summed E-state index contributed by atoms with van der Waals surface area (Å²) < 4.78 is 21.6. The zero-order valence-corrected chi connectivity index (χ0v) is 20.2. The molecule has 0 radical (unpaired) electrons. The molecule has 8 nitrogen and oxygen atoms in total. The summed E-state index contributed by atoms with van der Waals surface area (Å²) in [5.41, 5.74) is 3.52. The van der Waals surface area contributed by atoms with Gasteiger partial charge in [-0.1, -0.05) is 41.7 Å². The van der Waals surface area contributed by atoms with Gasteiger partial charge in [0.15, 0.2) is 5.13 Å². The van der Waals surface area contributed by atoms with E-state index in [1.165, 1.54) is 28.4 Å². The molecule has 0 aliphatic carbocycles. The summed E-state index contributed by atoms with van der Waals surface area (Å²) >= 11 is 1.34. The topological polar surface area (TPSA) is 93.4 Å². The second-order valence-corrected chi connectivity index (χ2v) is 9.07. The van der Waals surface area contributed by atoms with Crippen molar-refractivity contribution < 1.29 is 19.0 Å². The Bertz CT molecular complexity index is 1500. The molecule has 0 saturated heterocycles. The summed E-state index contributed by atoms with van der Waals surface area (Å²) in [5, 5.41) is 13.8. The maximum absolute atomic E-state index is 14.4. The molecule has 1 N–H and O–H groups in total. The van der Waals surface area contributed by atoms with E-state index in [0.29, 0.717) is 29.0 Å². The number of hydrogen-bond acceptors (Lipinski definition) is 7. The van der Waals surface area contributed by atoms with Crippen molar-refractivity contribution in [1.29, 1.82) is 0 Å². The third-order valence-electron chi connectivity index (χ3n) is 5.71. The summed E-state index contributed by atoms with van der Waals surface area (Å²) in [5.74, 6) is -0.901. The molecule has 0 spiro atoms. The Morgan fingerprint density at radius 1 is 1.08 bits per heavy atom. The Morgan fingerprint density at radius 3 is 2.50 bits per heavy atom. The lowest BCUT2D eigenvalue weighted by Gasteiger charge is -2.22. The summed E-state index contributed by atoms with van der Waals surface area (Å²) in [7, 11) is 1.64. The minimum Gasteiger partial charge on any atom is -0.497 e. The van der Waals surface area contributed by atoms with Gasteiger partial charge in [-0.15, -0.1) is 5.10 Å². The highest BCUT2D eigenvalue weighted by atomic mass is 32.1. The van der Waals surface area contributed by atoms with Crippen LogP contribution >= 0.6 is 11.3 Å². The van der Waals surface area contributed by atoms with E-state index in [1.807, 2.05) is 54.6 Å². The van der Waals surface area contributed by atoms with Gasteiger partial charge in [0, 0.05) is 13.1 Å². The van der Waals surface area contributed by atoms with Crippen LogP contribution < -0.4 is 9.64 Å². The van der Waals surface area contributed by atoms with Crippen LogP contribution in [-0.2, 0) is 13.0 Å². The van der Waals surface area contributed by atoms with Crippen LogP contribution in [0.4, 0.5) is 9.52 Å². The van der Waals surface area contributed by atoms with Crippen LogP contribution in [0.3, 0.4) is 0 Å². The van der Waals surface area contributed by atoms with Gasteiger partial charge in [-0.05, 0) is 53.9 Å². The first-order valence-electron chi connectivity index (χ1n) is 11.2. The van der Waals surface area contributed by atoms with Crippen molar-refractivity contribution >= 4 is 32.7 Å². The second kappa shape index (κ2) is 10.1. The van der Waals surface area contributed by atoms with Crippen molar-refractivity contribution in [2.45, 2.75) is 13.0 Å². The van der Waals surface area contributed by atoms with Gasteiger partial charge in [0.25, 0.3) is 5.82 Å². The largest absolute Gasteiger partial charge is 0.497 e. The molecule has 2 heterocycles. The first kappa shape index (κ1) is 23.4. The number of methoxy groups -OCH3 is 1. The lowest BCUT2D eigenvalue weighted by molar-refractivity contribution is 0.0683. The van der Waals surface area contributed by atoms with Crippen LogP contribution in [0, 0.1) is 5.82 Å². The molecule has 0 saturated carbocycles. The highest BCUT2D eigenvalue weighted by Crippen LogP contribution is 2.32. The van der Waals surface area contributed by atoms with Crippen molar-refractivity contribution in [3.05, 3.63) is 95.8 Å². The Morgan fingerprint density at radius 2 is 1.83 bits per heavy atom. The minimum absolute atomic E-state index is 0.258. The normalized spacial score (nSPS) is 11.1. The molecule has 182 valence electrons. The lowest BCUT2D eigenvalue weighted by Crippen LogP contribution is -2.25. The fourth-order valence-electron chi connectivity index (χ4n) is 3.80. The smallest absolute Gasteiger partial charge is 0.375 e. The fourth-order valence-corrected chi connectivity index (χ4v) is 4.79. The molecule has 0 aliphatic rings. The number of carboxylic acids is 1. The fraction of sp³-hybridized carbons (Fsp3) is 0.154. The van der Waals surface area contributed by atoms with Crippen molar-refractivity contribution in [1.82, 2.24) is 19.7 Å². The number of nitrogens with zero attached hydrogens (tertiary/aromatic N) is 5. The van der Waals surface area contributed by atoms with Crippen LogP contribution in [0.25, 0.3) is 15.9 Å². The van der Waals surface area contributed by atoms with Gasteiger partial charge in [0.05, 0.1) is 23.0 Å². The van der Waals surface area contributed by atoms with E-state index >= 15 is 0 Å². The molecule has 5 rings (SSSR count). The van der Waals surface area contributed by atoms with Gasteiger partial charge in [0.1, 0.15) is 17.9 Å².